The van der Waals surface area contributed by atoms with Gasteiger partial charge in [-0.1, -0.05) is 109 Å². The molecular formula is C45H37ClN4O8S. The van der Waals surface area contributed by atoms with Gasteiger partial charge in [0.1, 0.15) is 29.2 Å². The van der Waals surface area contributed by atoms with Gasteiger partial charge < -0.3 is 19.4 Å². The van der Waals surface area contributed by atoms with Gasteiger partial charge in [0.05, 0.1) is 22.5 Å². The van der Waals surface area contributed by atoms with Gasteiger partial charge in [-0.15, -0.1) is 0 Å². The molecule has 0 radical (unpaired) electrons. The van der Waals surface area contributed by atoms with Crippen LogP contribution in [-0.2, 0) is 34.4 Å². The third-order valence-corrected chi connectivity index (χ3v) is 11.3. The number of carbonyl (C=O) groups excluding carboxylic acids is 2. The van der Waals surface area contributed by atoms with Crippen molar-refractivity contribution in [2.45, 2.75) is 30.5 Å². The van der Waals surface area contributed by atoms with E-state index in [0.717, 1.165) is 51.7 Å². The summed E-state index contributed by atoms with van der Waals surface area (Å²) in [5.74, 6) is -0.331. The molecule has 0 saturated carbocycles. The van der Waals surface area contributed by atoms with Gasteiger partial charge in [0.2, 0.25) is 0 Å². The number of nitro groups is 1. The smallest absolute Gasteiger partial charge is 0.289 e. The summed E-state index contributed by atoms with van der Waals surface area (Å²) in [6.45, 7) is 0.773. The molecule has 1 aromatic heterocycles. The average molecular weight is 829 g/mol. The van der Waals surface area contributed by atoms with Crippen LogP contribution in [0.25, 0.3) is 22.0 Å². The fourth-order valence-electron chi connectivity index (χ4n) is 6.55. The molecule has 14 heteroatoms. The zero-order valence-electron chi connectivity index (χ0n) is 31.6. The molecule has 0 fully saturated rings. The van der Waals surface area contributed by atoms with Crippen molar-refractivity contribution >= 4 is 50.0 Å². The Labute approximate surface area is 345 Å². The summed E-state index contributed by atoms with van der Waals surface area (Å²) in [4.78, 5) is 38.2. The number of rotatable bonds is 15. The molecule has 2 N–H and O–H groups in total. The van der Waals surface area contributed by atoms with E-state index in [-0.39, 0.29) is 17.0 Å². The van der Waals surface area contributed by atoms with Gasteiger partial charge in [-0.05, 0) is 70.3 Å². The van der Waals surface area contributed by atoms with Crippen molar-refractivity contribution < 1.29 is 32.4 Å². The first kappa shape index (κ1) is 40.2. The van der Waals surface area contributed by atoms with Crippen LogP contribution in [0.1, 0.15) is 27.0 Å². The third-order valence-electron chi connectivity index (χ3n) is 9.66. The molecule has 0 aliphatic rings. The Morgan fingerprint density at radius 3 is 2.08 bits per heavy atom. The van der Waals surface area contributed by atoms with Crippen molar-refractivity contribution in [2.75, 3.05) is 7.11 Å². The van der Waals surface area contributed by atoms with Crippen LogP contribution in [0.4, 0.5) is 5.69 Å². The largest absolute Gasteiger partial charge is 0.497 e. The number of nitrogens with zero attached hydrogens (tertiary/aromatic N) is 2. The van der Waals surface area contributed by atoms with Crippen molar-refractivity contribution in [3.8, 4) is 22.6 Å². The highest BCUT2D eigenvalue weighted by Gasteiger charge is 2.29. The molecule has 0 aliphatic heterocycles. The lowest BCUT2D eigenvalue weighted by molar-refractivity contribution is -0.384. The van der Waals surface area contributed by atoms with Gasteiger partial charge in [0.15, 0.2) is 0 Å². The first-order valence-corrected chi connectivity index (χ1v) is 20.2. The topological polar surface area (TPSA) is 159 Å². The lowest BCUT2D eigenvalue weighted by atomic mass is 10.0. The van der Waals surface area contributed by atoms with E-state index in [1.807, 2.05) is 100 Å². The monoisotopic (exact) mass is 828 g/mol. The molecule has 1 atom stereocenters. The van der Waals surface area contributed by atoms with E-state index in [1.54, 1.807) is 49.7 Å². The van der Waals surface area contributed by atoms with E-state index in [2.05, 4.69) is 5.32 Å². The molecule has 7 aromatic rings. The van der Waals surface area contributed by atoms with Crippen molar-refractivity contribution in [1.29, 1.82) is 0 Å². The number of benzene rings is 6. The second kappa shape index (κ2) is 17.7. The number of ether oxygens (including phenoxy) is 2. The number of nitro benzene ring substituents is 1. The zero-order chi connectivity index (χ0) is 41.5. The molecule has 0 unspecified atom stereocenters. The molecule has 0 saturated heterocycles. The summed E-state index contributed by atoms with van der Waals surface area (Å²) in [6.07, 6.45) is 1.60. The third kappa shape index (κ3) is 9.61. The van der Waals surface area contributed by atoms with E-state index >= 15 is 0 Å². The number of fused-ring (bicyclic) bond motifs is 1. The number of nitrogens with one attached hydrogen (secondary N) is 2. The lowest BCUT2D eigenvalue weighted by Gasteiger charge is -2.19. The quantitative estimate of drug-likeness (QED) is 0.0771. The van der Waals surface area contributed by atoms with Crippen LogP contribution < -0.4 is 19.5 Å². The Hall–Kier alpha value is -6.96. The lowest BCUT2D eigenvalue weighted by Crippen LogP contribution is -2.49. The summed E-state index contributed by atoms with van der Waals surface area (Å²) in [5, 5.41) is 14.6. The normalized spacial score (nSPS) is 11.8. The maximum atomic E-state index is 14.2. The number of hydrogen-bond acceptors (Lipinski definition) is 8. The zero-order valence-corrected chi connectivity index (χ0v) is 33.2. The minimum Gasteiger partial charge on any atom is -0.497 e. The number of hydrogen-bond donors (Lipinski definition) is 2. The van der Waals surface area contributed by atoms with Crippen LogP contribution in [0.15, 0.2) is 157 Å². The second-order valence-electron chi connectivity index (χ2n) is 13.6. The average Bonchev–Trinajstić information content (AvgIpc) is 3.61. The number of aromatic nitrogens is 1. The minimum absolute atomic E-state index is 0.105. The van der Waals surface area contributed by atoms with E-state index in [9.17, 15) is 28.1 Å². The molecule has 7 rings (SSSR count). The predicted molar refractivity (Wildman–Crippen MR) is 225 cm³/mol. The Morgan fingerprint density at radius 2 is 1.41 bits per heavy atom. The summed E-state index contributed by atoms with van der Waals surface area (Å²) >= 11 is 5.91. The molecule has 6 aromatic carbocycles. The fourth-order valence-corrected chi connectivity index (χ4v) is 7.77. The number of halogens is 1. The van der Waals surface area contributed by atoms with Gasteiger partial charge in [-0.2, -0.15) is 0 Å². The van der Waals surface area contributed by atoms with Crippen LogP contribution in [0.2, 0.25) is 5.02 Å². The number of carbonyl (C=O) groups is 2. The van der Waals surface area contributed by atoms with Crippen LogP contribution >= 0.6 is 11.6 Å². The first-order chi connectivity index (χ1) is 28.5. The predicted octanol–water partition coefficient (Wildman–Crippen LogP) is 8.35. The Bertz CT molecular complexity index is 2740. The maximum Gasteiger partial charge on any atom is 0.289 e. The van der Waals surface area contributed by atoms with E-state index in [1.165, 1.54) is 0 Å². The fraction of sp³-hybridized carbons (Fsp3) is 0.111. The summed E-state index contributed by atoms with van der Waals surface area (Å²) < 4.78 is 41.9. The van der Waals surface area contributed by atoms with E-state index in [4.69, 9.17) is 21.1 Å². The van der Waals surface area contributed by atoms with Gasteiger partial charge in [0, 0.05) is 36.1 Å². The number of methoxy groups -OCH3 is 1. The summed E-state index contributed by atoms with van der Waals surface area (Å²) in [5.41, 5.74) is 5.02. The van der Waals surface area contributed by atoms with Gasteiger partial charge in [0.25, 0.3) is 27.5 Å². The van der Waals surface area contributed by atoms with Crippen LogP contribution in [0.3, 0.4) is 0 Å². The second-order valence-corrected chi connectivity index (χ2v) is 15.7. The van der Waals surface area contributed by atoms with E-state index < -0.39 is 43.4 Å². The first-order valence-electron chi connectivity index (χ1n) is 18.4. The number of para-hydroxylation sites is 1. The summed E-state index contributed by atoms with van der Waals surface area (Å²) in [6, 6.07) is 41.2. The molecule has 0 spiro atoms. The van der Waals surface area contributed by atoms with Crippen LogP contribution in [-0.4, -0.2) is 42.9 Å². The van der Waals surface area contributed by atoms with Gasteiger partial charge >= 0.3 is 0 Å². The summed E-state index contributed by atoms with van der Waals surface area (Å²) in [7, 11) is -3.02. The maximum absolute atomic E-state index is 14.2. The highest BCUT2D eigenvalue weighted by atomic mass is 35.5. The molecule has 1 heterocycles. The van der Waals surface area contributed by atoms with Crippen LogP contribution in [0.5, 0.6) is 11.5 Å². The van der Waals surface area contributed by atoms with Crippen molar-refractivity contribution in [3.63, 3.8) is 0 Å². The van der Waals surface area contributed by atoms with Crippen LogP contribution in [0, 0.1) is 10.1 Å². The SMILES string of the molecule is COc1ccc(-c2ccc(Cn3cc(C(=O)N[C@@H](Cc4ccc(OCc5ccccc5)cc4)C(=O)NS(=O)(=O)c4ccc(Cl)c([N+](=O)[O-])c4)c4ccccc43)cc2)cc1. The van der Waals surface area contributed by atoms with E-state index in [0.29, 0.717) is 29.9 Å². The van der Waals surface area contributed by atoms with Gasteiger partial charge in [-0.25, -0.2) is 13.1 Å². The number of amides is 2. The number of sulfonamides is 1. The Kier molecular flexibility index (Phi) is 12.1. The molecule has 298 valence electrons. The highest BCUT2D eigenvalue weighted by molar-refractivity contribution is 7.90. The van der Waals surface area contributed by atoms with Crippen molar-refractivity contribution in [2.24, 2.45) is 0 Å². The van der Waals surface area contributed by atoms with Crippen molar-refractivity contribution in [3.05, 3.63) is 189 Å². The molecule has 59 heavy (non-hydrogen) atoms. The standard InChI is InChI=1S/C45H37ClN4O8S/c1-57-35-21-17-34(18-22-35)33-15-11-31(12-16-33)27-49-28-39(38-9-5-6-10-42(38)49)44(51)47-41(25-30-13-19-36(20-14-30)58-29-32-7-3-2-4-8-32)45(52)48-59(55,56)37-23-24-40(46)43(26-37)50(53)54/h2-24,26,28,41H,25,27,29H2,1H3,(H,47,51)(H,48,52)/t41-/m0/s1. The Morgan fingerprint density at radius 1 is 0.780 bits per heavy atom. The molecule has 2 amide bonds. The van der Waals surface area contributed by atoms with Gasteiger partial charge in [-0.3, -0.25) is 19.7 Å². The minimum atomic E-state index is -4.64. The molecular weight excluding hydrogens is 792 g/mol. The molecule has 12 nitrogen and oxygen atoms in total. The molecule has 0 aliphatic carbocycles. The highest BCUT2D eigenvalue weighted by Crippen LogP contribution is 2.28. The molecule has 0 bridgehead atoms. The van der Waals surface area contributed by atoms with Crippen molar-refractivity contribution in [1.82, 2.24) is 14.6 Å². The Balaban J connectivity index is 1.13.